The van der Waals surface area contributed by atoms with Crippen molar-refractivity contribution in [3.63, 3.8) is 0 Å². The van der Waals surface area contributed by atoms with E-state index in [1.807, 2.05) is 0 Å². The zero-order chi connectivity index (χ0) is 21.9. The molecule has 1 aromatic heterocycles. The Labute approximate surface area is 185 Å². The van der Waals surface area contributed by atoms with Crippen LogP contribution in [-0.4, -0.2) is 31.9 Å². The summed E-state index contributed by atoms with van der Waals surface area (Å²) in [5.41, 5.74) is -0.0854. The van der Waals surface area contributed by atoms with Gasteiger partial charge in [-0.25, -0.2) is 13.2 Å². The number of anilines is 1. The Morgan fingerprint density at radius 2 is 1.83 bits per heavy atom. The van der Waals surface area contributed by atoms with E-state index in [0.29, 0.717) is 5.02 Å². The highest BCUT2D eigenvalue weighted by molar-refractivity contribution is 7.94. The van der Waals surface area contributed by atoms with Crippen LogP contribution in [0.1, 0.15) is 20.7 Å². The number of hydrogen-bond donors (Lipinski definition) is 2. The van der Waals surface area contributed by atoms with E-state index in [-0.39, 0.29) is 26.0 Å². The number of phenols is 1. The van der Waals surface area contributed by atoms with Gasteiger partial charge in [0, 0.05) is 16.7 Å². The lowest BCUT2D eigenvalue weighted by atomic mass is 10.1. The highest BCUT2D eigenvalue weighted by Gasteiger charge is 2.19. The minimum Gasteiger partial charge on any atom is -0.507 e. The minimum atomic E-state index is -3.81. The van der Waals surface area contributed by atoms with Gasteiger partial charge in [-0.2, -0.15) is 0 Å². The van der Waals surface area contributed by atoms with Crippen molar-refractivity contribution in [2.45, 2.75) is 4.21 Å². The summed E-state index contributed by atoms with van der Waals surface area (Å²) >= 11 is 12.8. The first-order valence-corrected chi connectivity index (χ1v) is 11.3. The van der Waals surface area contributed by atoms with Crippen LogP contribution in [0.4, 0.5) is 5.69 Å². The highest BCUT2D eigenvalue weighted by Crippen LogP contribution is 2.26. The van der Waals surface area contributed by atoms with Crippen molar-refractivity contribution in [2.24, 2.45) is 0 Å². The number of aromatic hydroxyl groups is 1. The summed E-state index contributed by atoms with van der Waals surface area (Å²) in [5.74, 6) is -2.05. The molecule has 0 radical (unpaired) electrons. The molecule has 1 heterocycles. The minimum absolute atomic E-state index is 0.0548. The molecule has 3 rings (SSSR count). The first kappa shape index (κ1) is 22.1. The molecule has 11 heteroatoms. The third kappa shape index (κ3) is 5.11. The lowest BCUT2D eigenvalue weighted by Gasteiger charge is -2.10. The molecule has 30 heavy (non-hydrogen) atoms. The smallest absolute Gasteiger partial charge is 0.342 e. The normalized spacial score (nSPS) is 11.1. The SMILES string of the molecule is O=C(OCC(=O)c1cc(Cl)ccc1Cl)c1ccc(NS(=O)(=O)c2cccs2)cc1O. The maximum Gasteiger partial charge on any atom is 0.342 e. The van der Waals surface area contributed by atoms with Gasteiger partial charge in [0.05, 0.1) is 10.7 Å². The Morgan fingerprint density at radius 3 is 2.50 bits per heavy atom. The van der Waals surface area contributed by atoms with Gasteiger partial charge >= 0.3 is 5.97 Å². The molecule has 0 aliphatic heterocycles. The molecule has 0 aliphatic carbocycles. The number of benzene rings is 2. The van der Waals surface area contributed by atoms with E-state index >= 15 is 0 Å². The summed E-state index contributed by atoms with van der Waals surface area (Å²) in [5, 5.41) is 12.2. The van der Waals surface area contributed by atoms with Crippen molar-refractivity contribution in [3.05, 3.63) is 75.1 Å². The zero-order valence-electron chi connectivity index (χ0n) is 15.0. The van der Waals surface area contributed by atoms with Gasteiger partial charge in [-0.15, -0.1) is 11.3 Å². The van der Waals surface area contributed by atoms with Crippen LogP contribution in [0.15, 0.2) is 58.1 Å². The maximum absolute atomic E-state index is 12.2. The Balaban J connectivity index is 1.68. The fraction of sp³-hybridized carbons (Fsp3) is 0.0526. The van der Waals surface area contributed by atoms with Gasteiger partial charge in [-0.05, 0) is 41.8 Å². The van der Waals surface area contributed by atoms with Gasteiger partial charge in [0.25, 0.3) is 10.0 Å². The van der Waals surface area contributed by atoms with Crippen LogP contribution < -0.4 is 4.72 Å². The number of carbonyl (C=O) groups is 2. The molecule has 0 bridgehead atoms. The number of Topliss-reactive ketones (excluding diaryl/α,β-unsaturated/α-hetero) is 1. The van der Waals surface area contributed by atoms with E-state index in [9.17, 15) is 23.1 Å². The Kier molecular flexibility index (Phi) is 6.67. The molecule has 0 spiro atoms. The predicted octanol–water partition coefficient (Wildman–Crippen LogP) is 4.60. The highest BCUT2D eigenvalue weighted by atomic mass is 35.5. The van der Waals surface area contributed by atoms with Crippen LogP contribution >= 0.6 is 34.5 Å². The number of carbonyl (C=O) groups excluding carboxylic acids is 2. The number of phenolic OH excluding ortho intramolecular Hbond substituents is 1. The zero-order valence-corrected chi connectivity index (χ0v) is 18.1. The van der Waals surface area contributed by atoms with Gasteiger partial charge < -0.3 is 9.84 Å². The van der Waals surface area contributed by atoms with Crippen LogP contribution in [0.25, 0.3) is 0 Å². The standard InChI is InChI=1S/C19H13Cl2NO6S2/c20-11-3-6-15(21)14(8-11)17(24)10-28-19(25)13-5-4-12(9-16(13)23)22-30(26,27)18-2-1-7-29-18/h1-9,22-23H,10H2. The molecule has 3 aromatic rings. The van der Waals surface area contributed by atoms with Crippen molar-refractivity contribution >= 4 is 62.0 Å². The van der Waals surface area contributed by atoms with Crippen LogP contribution in [0.5, 0.6) is 5.75 Å². The number of rotatable bonds is 7. The summed E-state index contributed by atoms with van der Waals surface area (Å²) in [4.78, 5) is 24.4. The van der Waals surface area contributed by atoms with Crippen LogP contribution in [0.2, 0.25) is 10.0 Å². The number of thiophene rings is 1. The average Bonchev–Trinajstić information content (AvgIpc) is 3.23. The van der Waals surface area contributed by atoms with Gasteiger partial charge in [0.2, 0.25) is 5.78 Å². The van der Waals surface area contributed by atoms with Crippen molar-refractivity contribution in [2.75, 3.05) is 11.3 Å². The first-order chi connectivity index (χ1) is 14.2. The Bertz CT molecular complexity index is 1210. The van der Waals surface area contributed by atoms with Gasteiger partial charge in [-0.1, -0.05) is 29.3 Å². The van der Waals surface area contributed by atoms with Gasteiger partial charge in [-0.3, -0.25) is 9.52 Å². The van der Waals surface area contributed by atoms with E-state index in [1.54, 1.807) is 11.4 Å². The van der Waals surface area contributed by atoms with E-state index in [4.69, 9.17) is 27.9 Å². The number of ether oxygens (including phenoxy) is 1. The second-order valence-electron chi connectivity index (χ2n) is 5.89. The number of halogens is 2. The van der Waals surface area contributed by atoms with Crippen LogP contribution in [-0.2, 0) is 14.8 Å². The summed E-state index contributed by atoms with van der Waals surface area (Å²) in [7, 11) is -3.81. The topological polar surface area (TPSA) is 110 Å². The molecule has 2 N–H and O–H groups in total. The van der Waals surface area contributed by atoms with E-state index < -0.39 is 34.1 Å². The third-order valence-electron chi connectivity index (χ3n) is 3.79. The fourth-order valence-electron chi connectivity index (χ4n) is 2.39. The molecule has 0 unspecified atom stereocenters. The quantitative estimate of drug-likeness (QED) is 0.373. The second-order valence-corrected chi connectivity index (χ2v) is 9.59. The maximum atomic E-state index is 12.2. The fourth-order valence-corrected chi connectivity index (χ4v) is 4.82. The molecule has 0 saturated heterocycles. The number of nitrogens with one attached hydrogen (secondary N) is 1. The monoisotopic (exact) mass is 485 g/mol. The molecule has 0 saturated carbocycles. The third-order valence-corrected chi connectivity index (χ3v) is 7.14. The second kappa shape index (κ2) is 9.05. The first-order valence-electron chi connectivity index (χ1n) is 8.22. The molecule has 2 aromatic carbocycles. The van der Waals surface area contributed by atoms with Crippen molar-refractivity contribution in [1.82, 2.24) is 0 Å². The molecule has 0 amide bonds. The lowest BCUT2D eigenvalue weighted by molar-refractivity contribution is 0.0472. The lowest BCUT2D eigenvalue weighted by Crippen LogP contribution is -2.15. The Hall–Kier alpha value is -2.59. The van der Waals surface area contributed by atoms with Crippen LogP contribution in [0.3, 0.4) is 0 Å². The molecule has 0 aliphatic rings. The van der Waals surface area contributed by atoms with Crippen LogP contribution in [0, 0.1) is 0 Å². The van der Waals surface area contributed by atoms with Crippen molar-refractivity contribution in [3.8, 4) is 5.75 Å². The summed E-state index contributed by atoms with van der Waals surface area (Å²) in [6, 6.07) is 10.9. The van der Waals surface area contributed by atoms with Gasteiger partial charge in [0.1, 0.15) is 15.5 Å². The van der Waals surface area contributed by atoms with Crippen molar-refractivity contribution < 1.29 is 27.9 Å². The molecule has 0 atom stereocenters. The number of ketones is 1. The van der Waals surface area contributed by atoms with E-state index in [1.165, 1.54) is 36.4 Å². The molecule has 7 nitrogen and oxygen atoms in total. The molecule has 0 fully saturated rings. The summed E-state index contributed by atoms with van der Waals surface area (Å²) in [6.07, 6.45) is 0. The predicted molar refractivity (Wildman–Crippen MR) is 114 cm³/mol. The number of sulfonamides is 1. The number of hydrogen-bond acceptors (Lipinski definition) is 7. The molecule has 156 valence electrons. The van der Waals surface area contributed by atoms with E-state index in [2.05, 4.69) is 4.72 Å². The summed E-state index contributed by atoms with van der Waals surface area (Å²) < 4.78 is 31.8. The number of esters is 1. The molecular weight excluding hydrogens is 473 g/mol. The summed E-state index contributed by atoms with van der Waals surface area (Å²) in [6.45, 7) is -0.620. The Morgan fingerprint density at radius 1 is 1.07 bits per heavy atom. The van der Waals surface area contributed by atoms with Crippen molar-refractivity contribution in [1.29, 1.82) is 0 Å². The average molecular weight is 486 g/mol. The van der Waals surface area contributed by atoms with E-state index in [0.717, 1.165) is 17.4 Å². The largest absolute Gasteiger partial charge is 0.507 e. The molecular formula is C19H13Cl2NO6S2. The van der Waals surface area contributed by atoms with Gasteiger partial charge in [0.15, 0.2) is 6.61 Å².